The smallest absolute Gasteiger partial charge is 0.409 e. The second-order valence-corrected chi connectivity index (χ2v) is 5.55. The first-order valence-electron chi connectivity index (χ1n) is 7.51. The summed E-state index contributed by atoms with van der Waals surface area (Å²) >= 11 is 0. The van der Waals surface area contributed by atoms with Crippen molar-refractivity contribution in [2.75, 3.05) is 26.2 Å². The van der Waals surface area contributed by atoms with Crippen molar-refractivity contribution in [3.8, 4) is 0 Å². The number of nitrogens with one attached hydrogen (secondary N) is 1. The SMILES string of the molecule is CCOC(=O)N1CCC(NC(N)=NCCC(C)C)CC1. The highest BCUT2D eigenvalue weighted by molar-refractivity contribution is 5.78. The summed E-state index contributed by atoms with van der Waals surface area (Å²) in [4.78, 5) is 17.6. The summed E-state index contributed by atoms with van der Waals surface area (Å²) in [6, 6.07) is 0.295. The molecule has 1 rings (SSSR count). The zero-order valence-corrected chi connectivity index (χ0v) is 12.9. The second-order valence-electron chi connectivity index (χ2n) is 5.55. The van der Waals surface area contributed by atoms with Gasteiger partial charge in [0.1, 0.15) is 0 Å². The van der Waals surface area contributed by atoms with Gasteiger partial charge in [0.2, 0.25) is 0 Å². The fourth-order valence-electron chi connectivity index (χ4n) is 2.12. The average Bonchev–Trinajstić information content (AvgIpc) is 2.39. The molecule has 0 aromatic rings. The number of nitrogens with two attached hydrogens (primary N) is 1. The number of hydrogen-bond donors (Lipinski definition) is 2. The van der Waals surface area contributed by atoms with Crippen LogP contribution in [0.25, 0.3) is 0 Å². The van der Waals surface area contributed by atoms with E-state index in [0.29, 0.717) is 37.6 Å². The minimum atomic E-state index is -0.218. The number of hydrogen-bond acceptors (Lipinski definition) is 3. The summed E-state index contributed by atoms with van der Waals surface area (Å²) in [5.41, 5.74) is 5.87. The molecule has 1 aliphatic rings. The van der Waals surface area contributed by atoms with E-state index in [1.807, 2.05) is 6.92 Å². The third-order valence-corrected chi connectivity index (χ3v) is 3.36. The van der Waals surface area contributed by atoms with E-state index >= 15 is 0 Å². The molecule has 1 fully saturated rings. The van der Waals surface area contributed by atoms with Crippen LogP contribution in [0, 0.1) is 5.92 Å². The predicted octanol–water partition coefficient (Wildman–Crippen LogP) is 1.56. The highest BCUT2D eigenvalue weighted by Crippen LogP contribution is 2.11. The molecule has 0 aromatic heterocycles. The highest BCUT2D eigenvalue weighted by Gasteiger charge is 2.23. The number of rotatable bonds is 5. The minimum absolute atomic E-state index is 0.218. The molecule has 0 radical (unpaired) electrons. The van der Waals surface area contributed by atoms with Crippen molar-refractivity contribution in [3.63, 3.8) is 0 Å². The van der Waals surface area contributed by atoms with Crippen LogP contribution in [0.5, 0.6) is 0 Å². The van der Waals surface area contributed by atoms with Gasteiger partial charge in [-0.05, 0) is 32.1 Å². The Kier molecular flexibility index (Phi) is 7.18. The molecule has 0 atom stereocenters. The number of piperidine rings is 1. The van der Waals surface area contributed by atoms with Crippen LogP contribution in [-0.2, 0) is 4.74 Å². The lowest BCUT2D eigenvalue weighted by Gasteiger charge is -2.31. The van der Waals surface area contributed by atoms with Crippen molar-refractivity contribution in [2.24, 2.45) is 16.6 Å². The highest BCUT2D eigenvalue weighted by atomic mass is 16.6. The molecule has 20 heavy (non-hydrogen) atoms. The van der Waals surface area contributed by atoms with Crippen LogP contribution < -0.4 is 11.1 Å². The number of likely N-dealkylation sites (tertiary alicyclic amines) is 1. The van der Waals surface area contributed by atoms with E-state index in [-0.39, 0.29) is 6.09 Å². The van der Waals surface area contributed by atoms with Crippen molar-refractivity contribution < 1.29 is 9.53 Å². The largest absolute Gasteiger partial charge is 0.450 e. The van der Waals surface area contributed by atoms with Crippen molar-refractivity contribution in [3.05, 3.63) is 0 Å². The van der Waals surface area contributed by atoms with Crippen LogP contribution in [0.15, 0.2) is 4.99 Å². The van der Waals surface area contributed by atoms with Crippen molar-refractivity contribution in [1.82, 2.24) is 10.2 Å². The van der Waals surface area contributed by atoms with Crippen LogP contribution in [0.3, 0.4) is 0 Å². The molecule has 1 saturated heterocycles. The van der Waals surface area contributed by atoms with Crippen LogP contribution >= 0.6 is 0 Å². The summed E-state index contributed by atoms with van der Waals surface area (Å²) in [5.74, 6) is 1.15. The number of carbonyl (C=O) groups is 1. The lowest BCUT2D eigenvalue weighted by Crippen LogP contribution is -2.48. The maximum absolute atomic E-state index is 11.6. The molecular formula is C14H28N4O2. The van der Waals surface area contributed by atoms with E-state index in [2.05, 4.69) is 24.2 Å². The predicted molar refractivity (Wildman–Crippen MR) is 80.7 cm³/mol. The molecule has 0 unspecified atom stereocenters. The van der Waals surface area contributed by atoms with Gasteiger partial charge in [-0.25, -0.2) is 4.79 Å². The summed E-state index contributed by atoms with van der Waals surface area (Å²) in [5, 5.41) is 3.23. The molecule has 116 valence electrons. The maximum atomic E-state index is 11.6. The Morgan fingerprint density at radius 1 is 1.45 bits per heavy atom. The average molecular weight is 284 g/mol. The Bertz CT molecular complexity index is 323. The molecule has 1 aliphatic heterocycles. The van der Waals surface area contributed by atoms with Gasteiger partial charge in [0.05, 0.1) is 6.61 Å². The molecule has 6 heteroatoms. The van der Waals surface area contributed by atoms with Crippen LogP contribution in [-0.4, -0.2) is 49.2 Å². The first-order chi connectivity index (χ1) is 9.52. The number of aliphatic imine (C=N–C) groups is 1. The third-order valence-electron chi connectivity index (χ3n) is 3.36. The number of amides is 1. The van der Waals surface area contributed by atoms with E-state index in [4.69, 9.17) is 10.5 Å². The molecule has 1 heterocycles. The summed E-state index contributed by atoms with van der Waals surface area (Å²) in [6.45, 7) is 8.76. The van der Waals surface area contributed by atoms with E-state index < -0.39 is 0 Å². The first-order valence-corrected chi connectivity index (χ1v) is 7.51. The van der Waals surface area contributed by atoms with E-state index in [1.165, 1.54) is 0 Å². The topological polar surface area (TPSA) is 80.0 Å². The van der Waals surface area contributed by atoms with Crippen LogP contribution in [0.2, 0.25) is 0 Å². The molecule has 0 aromatic carbocycles. The Balaban J connectivity index is 2.26. The molecule has 6 nitrogen and oxygen atoms in total. The third kappa shape index (κ3) is 6.12. The van der Waals surface area contributed by atoms with Gasteiger partial charge < -0.3 is 20.7 Å². The molecule has 0 spiro atoms. The fourth-order valence-corrected chi connectivity index (χ4v) is 2.12. The molecule has 3 N–H and O–H groups in total. The van der Waals surface area contributed by atoms with E-state index in [1.54, 1.807) is 4.90 Å². The number of ether oxygens (including phenoxy) is 1. The molecular weight excluding hydrogens is 256 g/mol. The van der Waals surface area contributed by atoms with Gasteiger partial charge in [-0.2, -0.15) is 0 Å². The number of nitrogens with zero attached hydrogens (tertiary/aromatic N) is 2. The number of carbonyl (C=O) groups excluding carboxylic acids is 1. The Hall–Kier alpha value is -1.46. The Morgan fingerprint density at radius 3 is 2.65 bits per heavy atom. The van der Waals surface area contributed by atoms with Gasteiger partial charge in [0.15, 0.2) is 5.96 Å². The normalized spacial score (nSPS) is 17.4. The summed E-state index contributed by atoms with van der Waals surface area (Å²) < 4.78 is 4.99. The van der Waals surface area contributed by atoms with E-state index in [0.717, 1.165) is 25.8 Å². The maximum Gasteiger partial charge on any atom is 0.409 e. The zero-order valence-electron chi connectivity index (χ0n) is 12.9. The first kappa shape index (κ1) is 16.6. The standard InChI is InChI=1S/C14H28N4O2/c1-4-20-14(19)18-9-6-12(7-10-18)17-13(15)16-8-5-11(2)3/h11-12H,4-10H2,1-3H3,(H3,15,16,17). The zero-order chi connectivity index (χ0) is 15.0. The Labute approximate surface area is 121 Å². The van der Waals surface area contributed by atoms with Crippen molar-refractivity contribution in [1.29, 1.82) is 0 Å². The lowest BCUT2D eigenvalue weighted by atomic mass is 10.1. The summed E-state index contributed by atoms with van der Waals surface area (Å²) in [7, 11) is 0. The molecule has 0 aliphatic carbocycles. The van der Waals surface area contributed by atoms with Gasteiger partial charge >= 0.3 is 6.09 Å². The van der Waals surface area contributed by atoms with Gasteiger partial charge in [0, 0.05) is 25.7 Å². The van der Waals surface area contributed by atoms with Crippen molar-refractivity contribution >= 4 is 12.1 Å². The van der Waals surface area contributed by atoms with Crippen LogP contribution in [0.4, 0.5) is 4.79 Å². The Morgan fingerprint density at radius 2 is 2.10 bits per heavy atom. The van der Waals surface area contributed by atoms with Crippen LogP contribution in [0.1, 0.15) is 40.0 Å². The van der Waals surface area contributed by atoms with Gasteiger partial charge in [-0.3, -0.25) is 4.99 Å². The van der Waals surface area contributed by atoms with Gasteiger partial charge in [-0.1, -0.05) is 13.8 Å². The summed E-state index contributed by atoms with van der Waals surface area (Å²) in [6.07, 6.45) is 2.58. The quantitative estimate of drug-likeness (QED) is 0.593. The second kappa shape index (κ2) is 8.66. The fraction of sp³-hybridized carbons (Fsp3) is 0.857. The monoisotopic (exact) mass is 284 g/mol. The number of guanidine groups is 1. The van der Waals surface area contributed by atoms with Crippen molar-refractivity contribution in [2.45, 2.75) is 46.1 Å². The molecule has 0 saturated carbocycles. The van der Waals surface area contributed by atoms with E-state index in [9.17, 15) is 4.79 Å². The molecule has 0 bridgehead atoms. The lowest BCUT2D eigenvalue weighted by molar-refractivity contribution is 0.0963. The van der Waals surface area contributed by atoms with Gasteiger partial charge in [-0.15, -0.1) is 0 Å². The van der Waals surface area contributed by atoms with Gasteiger partial charge in [0.25, 0.3) is 0 Å². The minimum Gasteiger partial charge on any atom is -0.450 e. The molecule has 1 amide bonds.